The monoisotopic (exact) mass is 289 g/mol. The quantitative estimate of drug-likeness (QED) is 0.884. The molecule has 6 nitrogen and oxygen atoms in total. The van der Waals surface area contributed by atoms with Crippen molar-refractivity contribution in [3.05, 3.63) is 10.6 Å². The van der Waals surface area contributed by atoms with Gasteiger partial charge < -0.3 is 10.2 Å². The van der Waals surface area contributed by atoms with Crippen molar-refractivity contribution < 1.29 is 4.79 Å². The maximum atomic E-state index is 11.5. The van der Waals surface area contributed by atoms with Gasteiger partial charge in [0.25, 0.3) is 0 Å². The zero-order valence-electron chi connectivity index (χ0n) is 9.86. The van der Waals surface area contributed by atoms with Crippen LogP contribution >= 0.6 is 23.2 Å². The van der Waals surface area contributed by atoms with Crippen LogP contribution in [0, 0.1) is 5.92 Å². The molecule has 1 fully saturated rings. The first-order valence-electron chi connectivity index (χ1n) is 5.63. The average molecular weight is 290 g/mol. The highest BCUT2D eigenvalue weighted by atomic mass is 35.5. The molecule has 1 aliphatic heterocycles. The summed E-state index contributed by atoms with van der Waals surface area (Å²) in [5.74, 6) is 0.607. The van der Waals surface area contributed by atoms with E-state index in [1.165, 1.54) is 0 Å². The van der Waals surface area contributed by atoms with Crippen LogP contribution in [-0.4, -0.2) is 41.0 Å². The Labute approximate surface area is 115 Å². The number of aromatic nitrogens is 3. The van der Waals surface area contributed by atoms with Gasteiger partial charge in [-0.05, 0) is 36.0 Å². The molecule has 1 aliphatic rings. The summed E-state index contributed by atoms with van der Waals surface area (Å²) < 4.78 is 0. The van der Waals surface area contributed by atoms with Crippen LogP contribution in [0.2, 0.25) is 10.6 Å². The minimum Gasteiger partial charge on any atom is -0.359 e. The molecule has 1 N–H and O–H groups in total. The number of nitrogens with one attached hydrogen (secondary N) is 1. The van der Waals surface area contributed by atoms with Gasteiger partial charge >= 0.3 is 0 Å². The van der Waals surface area contributed by atoms with Crippen molar-refractivity contribution in [2.45, 2.75) is 12.8 Å². The van der Waals surface area contributed by atoms with Crippen LogP contribution < -0.4 is 10.2 Å². The molecule has 2 rings (SSSR count). The largest absolute Gasteiger partial charge is 0.359 e. The fraction of sp³-hybridized carbons (Fsp3) is 0.600. The smallest absolute Gasteiger partial charge is 0.230 e. The number of hydrogen-bond donors (Lipinski definition) is 1. The molecule has 0 radical (unpaired) electrons. The van der Waals surface area contributed by atoms with Crippen LogP contribution in [0.5, 0.6) is 0 Å². The van der Waals surface area contributed by atoms with E-state index in [1.54, 1.807) is 7.05 Å². The maximum absolute atomic E-state index is 11.5. The first kappa shape index (κ1) is 13.3. The summed E-state index contributed by atoms with van der Waals surface area (Å²) in [7, 11) is 1.65. The second-order valence-corrected chi connectivity index (χ2v) is 4.73. The Morgan fingerprint density at radius 1 is 1.22 bits per heavy atom. The van der Waals surface area contributed by atoms with Crippen LogP contribution in [0.25, 0.3) is 0 Å². The lowest BCUT2D eigenvalue weighted by molar-refractivity contribution is -0.125. The fourth-order valence-corrected chi connectivity index (χ4v) is 2.36. The molecule has 2 heterocycles. The van der Waals surface area contributed by atoms with Crippen LogP contribution in [0.3, 0.4) is 0 Å². The van der Waals surface area contributed by atoms with Crippen molar-refractivity contribution in [3.63, 3.8) is 0 Å². The van der Waals surface area contributed by atoms with Crippen molar-refractivity contribution in [1.82, 2.24) is 20.3 Å². The van der Waals surface area contributed by atoms with Gasteiger partial charge in [0.05, 0.1) is 0 Å². The lowest BCUT2D eigenvalue weighted by Crippen LogP contribution is -2.40. The van der Waals surface area contributed by atoms with Gasteiger partial charge in [-0.25, -0.2) is 0 Å². The summed E-state index contributed by atoms with van der Waals surface area (Å²) in [6.07, 6.45) is 1.53. The first-order valence-corrected chi connectivity index (χ1v) is 6.39. The second kappa shape index (κ2) is 5.67. The summed E-state index contributed by atoms with van der Waals surface area (Å²) in [6, 6.07) is 0. The van der Waals surface area contributed by atoms with Crippen molar-refractivity contribution in [2.75, 3.05) is 25.0 Å². The molecule has 0 bridgehead atoms. The Kier molecular flexibility index (Phi) is 4.19. The molecule has 1 amide bonds. The molecule has 0 spiro atoms. The summed E-state index contributed by atoms with van der Waals surface area (Å²) in [5.41, 5.74) is 0. The molecular weight excluding hydrogens is 277 g/mol. The summed E-state index contributed by atoms with van der Waals surface area (Å²) in [4.78, 5) is 25.2. The zero-order valence-corrected chi connectivity index (χ0v) is 11.4. The second-order valence-electron chi connectivity index (χ2n) is 4.05. The minimum atomic E-state index is 0.0547. The van der Waals surface area contributed by atoms with Crippen LogP contribution in [0.4, 0.5) is 5.95 Å². The third-order valence-corrected chi connectivity index (χ3v) is 3.30. The normalized spacial score (nSPS) is 16.7. The number of halogens is 2. The number of amides is 1. The third kappa shape index (κ3) is 3.00. The van der Waals surface area contributed by atoms with Crippen molar-refractivity contribution in [3.8, 4) is 0 Å². The minimum absolute atomic E-state index is 0.0547. The van der Waals surface area contributed by atoms with E-state index < -0.39 is 0 Å². The molecule has 0 atom stereocenters. The third-order valence-electron chi connectivity index (χ3n) is 2.96. The summed E-state index contributed by atoms with van der Waals surface area (Å²) in [5, 5.41) is 2.83. The van der Waals surface area contributed by atoms with Gasteiger partial charge in [-0.15, -0.1) is 0 Å². The van der Waals surface area contributed by atoms with E-state index in [4.69, 9.17) is 23.2 Å². The van der Waals surface area contributed by atoms with Gasteiger partial charge in [0.2, 0.25) is 22.4 Å². The Bertz CT molecular complexity index is 428. The SMILES string of the molecule is CNC(=O)C1CCN(c2nc(Cl)nc(Cl)n2)CC1. The number of anilines is 1. The molecule has 18 heavy (non-hydrogen) atoms. The molecule has 0 aromatic carbocycles. The Morgan fingerprint density at radius 2 is 1.78 bits per heavy atom. The highest BCUT2D eigenvalue weighted by Crippen LogP contribution is 2.22. The molecule has 1 aromatic heterocycles. The predicted molar refractivity (Wildman–Crippen MR) is 68.9 cm³/mol. The standard InChI is InChI=1S/C10H13Cl2N5O/c1-13-7(18)6-2-4-17(5-3-6)10-15-8(11)14-9(12)16-10/h6H,2-5H2,1H3,(H,13,18). The van der Waals surface area contributed by atoms with E-state index in [1.807, 2.05) is 4.90 Å². The molecule has 0 saturated carbocycles. The number of rotatable bonds is 2. The molecule has 1 aromatic rings. The summed E-state index contributed by atoms with van der Waals surface area (Å²) >= 11 is 11.5. The molecule has 98 valence electrons. The lowest BCUT2D eigenvalue weighted by atomic mass is 9.96. The van der Waals surface area contributed by atoms with Gasteiger partial charge in [0.15, 0.2) is 0 Å². The number of hydrogen-bond acceptors (Lipinski definition) is 5. The molecule has 1 saturated heterocycles. The summed E-state index contributed by atoms with van der Waals surface area (Å²) in [6.45, 7) is 1.41. The first-order chi connectivity index (χ1) is 8.60. The van der Waals surface area contributed by atoms with Gasteiger partial charge in [-0.2, -0.15) is 15.0 Å². The van der Waals surface area contributed by atoms with Crippen molar-refractivity contribution in [1.29, 1.82) is 0 Å². The van der Waals surface area contributed by atoms with Crippen LogP contribution in [0.1, 0.15) is 12.8 Å². The Morgan fingerprint density at radius 3 is 2.28 bits per heavy atom. The maximum Gasteiger partial charge on any atom is 0.230 e. The molecule has 0 aliphatic carbocycles. The van der Waals surface area contributed by atoms with E-state index in [9.17, 15) is 4.79 Å². The van der Waals surface area contributed by atoms with Crippen molar-refractivity contribution >= 4 is 35.1 Å². The fourth-order valence-electron chi connectivity index (χ4n) is 2.00. The van der Waals surface area contributed by atoms with E-state index in [2.05, 4.69) is 20.3 Å². The topological polar surface area (TPSA) is 71.0 Å². The van der Waals surface area contributed by atoms with Gasteiger partial charge in [-0.1, -0.05) is 0 Å². The van der Waals surface area contributed by atoms with E-state index in [-0.39, 0.29) is 22.4 Å². The number of piperidine rings is 1. The predicted octanol–water partition coefficient (Wildman–Crippen LogP) is 1.14. The Balaban J connectivity index is 2.03. The number of nitrogens with zero attached hydrogens (tertiary/aromatic N) is 4. The van der Waals surface area contributed by atoms with E-state index >= 15 is 0 Å². The average Bonchev–Trinajstić information content (AvgIpc) is 2.37. The Hall–Kier alpha value is -1.14. The van der Waals surface area contributed by atoms with Crippen LogP contribution in [0.15, 0.2) is 0 Å². The highest BCUT2D eigenvalue weighted by molar-refractivity contribution is 6.31. The van der Waals surface area contributed by atoms with Gasteiger partial charge in [0, 0.05) is 26.1 Å². The van der Waals surface area contributed by atoms with Gasteiger partial charge in [-0.3, -0.25) is 4.79 Å². The number of carbonyl (C=O) groups is 1. The number of carbonyl (C=O) groups excluding carboxylic acids is 1. The van der Waals surface area contributed by atoms with Crippen molar-refractivity contribution in [2.24, 2.45) is 5.92 Å². The molecule has 0 unspecified atom stereocenters. The lowest BCUT2D eigenvalue weighted by Gasteiger charge is -2.30. The van der Waals surface area contributed by atoms with Gasteiger partial charge in [0.1, 0.15) is 0 Å². The van der Waals surface area contributed by atoms with E-state index in [0.29, 0.717) is 19.0 Å². The zero-order chi connectivity index (χ0) is 13.1. The molecular formula is C10H13Cl2N5O. The van der Waals surface area contributed by atoms with E-state index in [0.717, 1.165) is 12.8 Å². The van der Waals surface area contributed by atoms with Crippen LogP contribution in [-0.2, 0) is 4.79 Å². The highest BCUT2D eigenvalue weighted by Gasteiger charge is 2.25. The molecule has 8 heteroatoms.